The number of fused-ring (bicyclic) bond motifs is 1. The zero-order valence-corrected chi connectivity index (χ0v) is 9.93. The topological polar surface area (TPSA) is 80.5 Å². The van der Waals surface area contributed by atoms with Crippen LogP contribution in [0.3, 0.4) is 0 Å². The van der Waals surface area contributed by atoms with E-state index in [1.807, 2.05) is 4.57 Å². The first-order valence-corrected chi connectivity index (χ1v) is 6.00. The standard InChI is InChI=1S/C13H13N5/c14-6-9-5-10(15)7-16-13(9)18-8-17-11-3-1-2-4-12(11)18/h5,7-8H,1-4,15H2. The lowest BCUT2D eigenvalue weighted by atomic mass is 10.0. The molecule has 0 bridgehead atoms. The summed E-state index contributed by atoms with van der Waals surface area (Å²) in [6, 6.07) is 3.79. The Bertz CT molecular complexity index is 635. The van der Waals surface area contributed by atoms with Gasteiger partial charge in [0, 0.05) is 5.69 Å². The number of rotatable bonds is 1. The van der Waals surface area contributed by atoms with Crippen LogP contribution in [-0.2, 0) is 12.8 Å². The molecule has 0 amide bonds. The van der Waals surface area contributed by atoms with Crippen LogP contribution in [0.4, 0.5) is 5.69 Å². The van der Waals surface area contributed by atoms with Gasteiger partial charge in [-0.1, -0.05) is 0 Å². The Hall–Kier alpha value is -2.35. The van der Waals surface area contributed by atoms with Gasteiger partial charge < -0.3 is 5.73 Å². The summed E-state index contributed by atoms with van der Waals surface area (Å²) in [5.41, 5.74) is 8.95. The van der Waals surface area contributed by atoms with Crippen LogP contribution in [0.5, 0.6) is 0 Å². The van der Waals surface area contributed by atoms with Crippen molar-refractivity contribution in [1.82, 2.24) is 14.5 Å². The Morgan fingerprint density at radius 3 is 2.94 bits per heavy atom. The molecule has 0 unspecified atom stereocenters. The van der Waals surface area contributed by atoms with Crippen LogP contribution in [-0.4, -0.2) is 14.5 Å². The van der Waals surface area contributed by atoms with E-state index < -0.39 is 0 Å². The fraction of sp³-hybridized carbons (Fsp3) is 0.308. The van der Waals surface area contributed by atoms with Crippen LogP contribution in [0.2, 0.25) is 0 Å². The lowest BCUT2D eigenvalue weighted by Crippen LogP contribution is -2.09. The van der Waals surface area contributed by atoms with Gasteiger partial charge in [0.15, 0.2) is 5.82 Å². The highest BCUT2D eigenvalue weighted by molar-refractivity contribution is 5.52. The van der Waals surface area contributed by atoms with Crippen molar-refractivity contribution in [3.8, 4) is 11.9 Å². The van der Waals surface area contributed by atoms with Gasteiger partial charge in [0.1, 0.15) is 12.4 Å². The number of anilines is 1. The zero-order chi connectivity index (χ0) is 12.5. The van der Waals surface area contributed by atoms with Gasteiger partial charge in [-0.3, -0.25) is 4.57 Å². The first-order valence-electron chi connectivity index (χ1n) is 6.00. The fourth-order valence-electron chi connectivity index (χ4n) is 2.40. The van der Waals surface area contributed by atoms with E-state index in [0.29, 0.717) is 17.1 Å². The van der Waals surface area contributed by atoms with E-state index in [9.17, 15) is 0 Å². The number of hydrogen-bond acceptors (Lipinski definition) is 4. The monoisotopic (exact) mass is 239 g/mol. The highest BCUT2D eigenvalue weighted by atomic mass is 15.1. The average Bonchev–Trinajstić information content (AvgIpc) is 2.82. The maximum absolute atomic E-state index is 9.17. The molecule has 1 aliphatic rings. The molecule has 0 aromatic carbocycles. The molecule has 0 atom stereocenters. The van der Waals surface area contributed by atoms with Crippen molar-refractivity contribution in [2.45, 2.75) is 25.7 Å². The molecular formula is C13H13N5. The fourth-order valence-corrected chi connectivity index (χ4v) is 2.40. The molecule has 5 nitrogen and oxygen atoms in total. The quantitative estimate of drug-likeness (QED) is 0.819. The maximum atomic E-state index is 9.17. The smallest absolute Gasteiger partial charge is 0.156 e. The van der Waals surface area contributed by atoms with Gasteiger partial charge in [0.05, 0.1) is 23.1 Å². The van der Waals surface area contributed by atoms with E-state index in [1.54, 1.807) is 18.6 Å². The van der Waals surface area contributed by atoms with Crippen LogP contribution in [0.25, 0.3) is 5.82 Å². The molecule has 2 aromatic heterocycles. The van der Waals surface area contributed by atoms with Crippen molar-refractivity contribution in [2.24, 2.45) is 0 Å². The van der Waals surface area contributed by atoms with Crippen LogP contribution in [0.15, 0.2) is 18.6 Å². The number of hydrogen-bond donors (Lipinski definition) is 1. The first kappa shape index (κ1) is 10.8. The van der Waals surface area contributed by atoms with Gasteiger partial charge in [-0.15, -0.1) is 0 Å². The third-order valence-electron chi connectivity index (χ3n) is 3.27. The van der Waals surface area contributed by atoms with E-state index in [0.717, 1.165) is 25.0 Å². The van der Waals surface area contributed by atoms with E-state index in [2.05, 4.69) is 16.0 Å². The minimum atomic E-state index is 0.487. The second-order valence-electron chi connectivity index (χ2n) is 4.47. The van der Waals surface area contributed by atoms with E-state index in [-0.39, 0.29) is 0 Å². The second kappa shape index (κ2) is 4.15. The number of nitriles is 1. The van der Waals surface area contributed by atoms with Gasteiger partial charge in [-0.25, -0.2) is 9.97 Å². The molecule has 0 spiro atoms. The molecule has 1 aliphatic carbocycles. The number of nitrogen functional groups attached to an aromatic ring is 1. The number of aryl methyl sites for hydroxylation is 1. The molecule has 0 saturated heterocycles. The average molecular weight is 239 g/mol. The highest BCUT2D eigenvalue weighted by Crippen LogP contribution is 2.24. The van der Waals surface area contributed by atoms with Crippen molar-refractivity contribution in [3.05, 3.63) is 35.5 Å². The minimum absolute atomic E-state index is 0.487. The molecule has 5 heteroatoms. The lowest BCUT2D eigenvalue weighted by Gasteiger charge is -2.14. The Morgan fingerprint density at radius 2 is 2.11 bits per heavy atom. The minimum Gasteiger partial charge on any atom is -0.397 e. The van der Waals surface area contributed by atoms with Crippen LogP contribution in [0, 0.1) is 11.3 Å². The van der Waals surface area contributed by atoms with Crippen molar-refractivity contribution in [2.75, 3.05) is 5.73 Å². The largest absolute Gasteiger partial charge is 0.397 e. The molecular weight excluding hydrogens is 226 g/mol. The zero-order valence-electron chi connectivity index (χ0n) is 9.93. The summed E-state index contributed by atoms with van der Waals surface area (Å²) >= 11 is 0. The number of nitrogens with two attached hydrogens (primary N) is 1. The van der Waals surface area contributed by atoms with E-state index >= 15 is 0 Å². The molecule has 3 rings (SSSR count). The van der Waals surface area contributed by atoms with Gasteiger partial charge in [0.2, 0.25) is 0 Å². The molecule has 0 radical (unpaired) electrons. The summed E-state index contributed by atoms with van der Waals surface area (Å²) in [6.07, 6.45) is 7.69. The summed E-state index contributed by atoms with van der Waals surface area (Å²) in [7, 11) is 0. The molecule has 2 N–H and O–H groups in total. The molecule has 2 aromatic rings. The lowest BCUT2D eigenvalue weighted by molar-refractivity contribution is 0.654. The summed E-state index contributed by atoms with van der Waals surface area (Å²) in [5, 5.41) is 9.17. The third-order valence-corrected chi connectivity index (χ3v) is 3.27. The van der Waals surface area contributed by atoms with Crippen molar-refractivity contribution in [3.63, 3.8) is 0 Å². The molecule has 2 heterocycles. The van der Waals surface area contributed by atoms with E-state index in [4.69, 9.17) is 11.0 Å². The summed E-state index contributed by atoms with van der Waals surface area (Å²) in [6.45, 7) is 0. The summed E-state index contributed by atoms with van der Waals surface area (Å²) in [4.78, 5) is 8.69. The van der Waals surface area contributed by atoms with E-state index in [1.165, 1.54) is 12.1 Å². The number of nitrogens with zero attached hydrogens (tertiary/aromatic N) is 4. The SMILES string of the molecule is N#Cc1cc(N)cnc1-n1cnc2c1CCCC2. The third kappa shape index (κ3) is 1.63. The van der Waals surface area contributed by atoms with Gasteiger partial charge in [0.25, 0.3) is 0 Å². The van der Waals surface area contributed by atoms with Crippen LogP contribution >= 0.6 is 0 Å². The predicted octanol–water partition coefficient (Wildman–Crippen LogP) is 1.60. The van der Waals surface area contributed by atoms with Gasteiger partial charge >= 0.3 is 0 Å². The highest BCUT2D eigenvalue weighted by Gasteiger charge is 2.18. The molecule has 0 saturated carbocycles. The Morgan fingerprint density at radius 1 is 1.28 bits per heavy atom. The Balaban J connectivity index is 2.16. The van der Waals surface area contributed by atoms with Crippen LogP contribution < -0.4 is 5.73 Å². The van der Waals surface area contributed by atoms with Crippen molar-refractivity contribution in [1.29, 1.82) is 5.26 Å². The van der Waals surface area contributed by atoms with Gasteiger partial charge in [-0.05, 0) is 31.7 Å². The number of imidazole rings is 1. The van der Waals surface area contributed by atoms with Gasteiger partial charge in [-0.2, -0.15) is 5.26 Å². The number of aromatic nitrogens is 3. The predicted molar refractivity (Wildman–Crippen MR) is 67.1 cm³/mol. The van der Waals surface area contributed by atoms with Crippen molar-refractivity contribution >= 4 is 5.69 Å². The molecule has 18 heavy (non-hydrogen) atoms. The maximum Gasteiger partial charge on any atom is 0.156 e. The summed E-state index contributed by atoms with van der Waals surface area (Å²) in [5.74, 6) is 0.627. The molecule has 0 aliphatic heterocycles. The number of pyridine rings is 1. The Labute approximate surface area is 105 Å². The van der Waals surface area contributed by atoms with Crippen LogP contribution in [0.1, 0.15) is 29.8 Å². The molecule has 0 fully saturated rings. The normalized spacial score (nSPS) is 13.9. The first-order chi connectivity index (χ1) is 8.79. The Kier molecular flexibility index (Phi) is 2.49. The molecule has 90 valence electrons. The van der Waals surface area contributed by atoms with Crippen molar-refractivity contribution < 1.29 is 0 Å². The summed E-state index contributed by atoms with van der Waals surface area (Å²) < 4.78 is 1.92. The second-order valence-corrected chi connectivity index (χ2v) is 4.47.